The molecule has 1 aliphatic heterocycles. The summed E-state index contributed by atoms with van der Waals surface area (Å²) in [7, 11) is 0. The predicted octanol–water partition coefficient (Wildman–Crippen LogP) is 1.50. The number of halogens is 1. The van der Waals surface area contributed by atoms with Gasteiger partial charge in [-0.15, -0.1) is 11.6 Å². The summed E-state index contributed by atoms with van der Waals surface area (Å²) < 4.78 is 5.36. The summed E-state index contributed by atoms with van der Waals surface area (Å²) in [5, 5.41) is 9.46. The first-order valence-corrected chi connectivity index (χ1v) is 4.39. The van der Waals surface area contributed by atoms with Crippen molar-refractivity contribution in [3.8, 4) is 0 Å². The van der Waals surface area contributed by atoms with E-state index in [4.69, 9.17) is 16.3 Å². The second kappa shape index (κ2) is 1.93. The van der Waals surface area contributed by atoms with Crippen molar-refractivity contribution in [2.45, 2.75) is 43.5 Å². The number of rotatable bonds is 0. The van der Waals surface area contributed by atoms with E-state index in [2.05, 4.69) is 0 Å². The maximum absolute atomic E-state index is 9.46. The summed E-state index contributed by atoms with van der Waals surface area (Å²) in [6.45, 7) is 3.98. The quantitative estimate of drug-likeness (QED) is 0.567. The first-order valence-electron chi connectivity index (χ1n) is 4.01. The largest absolute Gasteiger partial charge is 0.366 e. The van der Waals surface area contributed by atoms with E-state index < -0.39 is 11.2 Å². The molecule has 0 bridgehead atoms. The number of hydrogen-bond donors (Lipinski definition) is 1. The predicted molar refractivity (Wildman–Crippen MR) is 42.5 cm³/mol. The van der Waals surface area contributed by atoms with Gasteiger partial charge in [0.05, 0.1) is 5.60 Å². The lowest BCUT2D eigenvalue weighted by Crippen LogP contribution is -2.49. The van der Waals surface area contributed by atoms with Crippen LogP contribution in [0, 0.1) is 5.92 Å². The number of hydrogen-bond acceptors (Lipinski definition) is 2. The molecule has 11 heavy (non-hydrogen) atoms. The summed E-state index contributed by atoms with van der Waals surface area (Å²) in [4.78, 5) is -0.469. The Labute approximate surface area is 71.5 Å². The summed E-state index contributed by atoms with van der Waals surface area (Å²) in [5.41, 5.74) is -0.237. The molecule has 2 nitrogen and oxygen atoms in total. The molecule has 0 aromatic rings. The lowest BCUT2D eigenvalue weighted by Gasteiger charge is -2.42. The first-order chi connectivity index (χ1) is 4.97. The minimum Gasteiger partial charge on any atom is -0.366 e. The maximum atomic E-state index is 9.46. The minimum absolute atomic E-state index is 0.237. The van der Waals surface area contributed by atoms with E-state index in [0.29, 0.717) is 5.92 Å². The Morgan fingerprint density at radius 1 is 1.55 bits per heavy atom. The minimum atomic E-state index is -0.766. The van der Waals surface area contributed by atoms with Crippen molar-refractivity contribution in [2.75, 3.05) is 0 Å². The molecule has 0 radical (unpaired) electrons. The van der Waals surface area contributed by atoms with Gasteiger partial charge >= 0.3 is 0 Å². The normalized spacial score (nSPS) is 53.5. The lowest BCUT2D eigenvalue weighted by atomic mass is 9.67. The van der Waals surface area contributed by atoms with Gasteiger partial charge in [0.2, 0.25) is 0 Å². The van der Waals surface area contributed by atoms with Crippen LogP contribution in [0.25, 0.3) is 0 Å². The third kappa shape index (κ3) is 0.807. The Balaban J connectivity index is 2.28. The van der Waals surface area contributed by atoms with Crippen molar-refractivity contribution >= 4 is 11.6 Å². The van der Waals surface area contributed by atoms with Crippen molar-refractivity contribution < 1.29 is 9.84 Å². The zero-order valence-electron chi connectivity index (χ0n) is 6.80. The SMILES string of the molecule is CC1(C)OC(O)C2(Cl)CCC12. The van der Waals surface area contributed by atoms with Gasteiger partial charge in [0.25, 0.3) is 0 Å². The number of aliphatic hydroxyl groups excluding tert-OH is 1. The number of fused-ring (bicyclic) bond motifs is 1. The molecule has 1 saturated heterocycles. The van der Waals surface area contributed by atoms with E-state index in [1.54, 1.807) is 0 Å². The highest BCUT2D eigenvalue weighted by Crippen LogP contribution is 2.58. The highest BCUT2D eigenvalue weighted by atomic mass is 35.5. The average Bonchev–Trinajstić information content (AvgIpc) is 1.88. The Hall–Kier alpha value is 0.210. The van der Waals surface area contributed by atoms with Crippen molar-refractivity contribution in [3.63, 3.8) is 0 Å². The highest BCUT2D eigenvalue weighted by molar-refractivity contribution is 6.25. The van der Waals surface area contributed by atoms with Gasteiger partial charge in [-0.2, -0.15) is 0 Å². The molecular formula is C8H13ClO2. The second-order valence-electron chi connectivity index (χ2n) is 4.09. The summed E-state index contributed by atoms with van der Waals surface area (Å²) in [5.74, 6) is 0.326. The number of aliphatic hydroxyl groups is 1. The van der Waals surface area contributed by atoms with Crippen molar-refractivity contribution in [3.05, 3.63) is 0 Å². The smallest absolute Gasteiger partial charge is 0.174 e. The summed E-state index contributed by atoms with van der Waals surface area (Å²) in [6, 6.07) is 0. The van der Waals surface area contributed by atoms with E-state index in [-0.39, 0.29) is 5.60 Å². The van der Waals surface area contributed by atoms with Crippen LogP contribution in [0.2, 0.25) is 0 Å². The Morgan fingerprint density at radius 2 is 2.18 bits per heavy atom. The molecule has 2 aliphatic rings. The molecule has 2 rings (SSSR count). The summed E-state index contributed by atoms with van der Waals surface area (Å²) in [6.07, 6.45) is 1.19. The van der Waals surface area contributed by atoms with Gasteiger partial charge in [-0.1, -0.05) is 0 Å². The zero-order chi connectivity index (χ0) is 8.28. The number of alkyl halides is 1. The van der Waals surface area contributed by atoms with Gasteiger partial charge in [-0.05, 0) is 26.7 Å². The molecule has 0 aromatic heterocycles. The molecule has 2 fully saturated rings. The van der Waals surface area contributed by atoms with E-state index in [9.17, 15) is 5.11 Å². The maximum Gasteiger partial charge on any atom is 0.174 e. The monoisotopic (exact) mass is 176 g/mol. The Kier molecular flexibility index (Phi) is 1.37. The molecule has 64 valence electrons. The molecule has 3 heteroatoms. The van der Waals surface area contributed by atoms with Gasteiger partial charge < -0.3 is 9.84 Å². The molecule has 3 atom stereocenters. The topological polar surface area (TPSA) is 29.5 Å². The van der Waals surface area contributed by atoms with Crippen molar-refractivity contribution in [1.82, 2.24) is 0 Å². The first kappa shape index (κ1) is 7.84. The van der Waals surface area contributed by atoms with Gasteiger partial charge in [0, 0.05) is 5.92 Å². The van der Waals surface area contributed by atoms with Crippen LogP contribution in [0.15, 0.2) is 0 Å². The van der Waals surface area contributed by atoms with Crippen LogP contribution < -0.4 is 0 Å². The third-order valence-corrected chi connectivity index (χ3v) is 3.70. The standard InChI is InChI=1S/C8H13ClO2/c1-7(2)5-3-4-8(5,9)6(10)11-7/h5-6,10H,3-4H2,1-2H3. The van der Waals surface area contributed by atoms with Gasteiger partial charge in [-0.25, -0.2) is 0 Å². The van der Waals surface area contributed by atoms with E-state index in [1.165, 1.54) is 0 Å². The molecule has 0 spiro atoms. The molecule has 1 aliphatic carbocycles. The van der Waals surface area contributed by atoms with Crippen LogP contribution in [0.1, 0.15) is 26.7 Å². The van der Waals surface area contributed by atoms with Crippen molar-refractivity contribution in [1.29, 1.82) is 0 Å². The second-order valence-corrected chi connectivity index (χ2v) is 4.80. The molecule has 1 N–H and O–H groups in total. The van der Waals surface area contributed by atoms with Crippen molar-refractivity contribution in [2.24, 2.45) is 5.92 Å². The fourth-order valence-electron chi connectivity index (χ4n) is 2.25. The fourth-order valence-corrected chi connectivity index (χ4v) is 2.78. The lowest BCUT2D eigenvalue weighted by molar-refractivity contribution is -0.130. The molecule has 0 amide bonds. The zero-order valence-corrected chi connectivity index (χ0v) is 7.56. The van der Waals surface area contributed by atoms with Crippen LogP contribution in [0.4, 0.5) is 0 Å². The van der Waals surface area contributed by atoms with Gasteiger partial charge in [-0.3, -0.25) is 0 Å². The highest BCUT2D eigenvalue weighted by Gasteiger charge is 2.64. The Bertz CT molecular complexity index is 193. The van der Waals surface area contributed by atoms with Crippen LogP contribution in [0.5, 0.6) is 0 Å². The fraction of sp³-hybridized carbons (Fsp3) is 1.00. The van der Waals surface area contributed by atoms with Crippen LogP contribution >= 0.6 is 11.6 Å². The number of ether oxygens (including phenoxy) is 1. The van der Waals surface area contributed by atoms with Crippen LogP contribution in [0.3, 0.4) is 0 Å². The average molecular weight is 177 g/mol. The van der Waals surface area contributed by atoms with E-state index >= 15 is 0 Å². The molecule has 1 heterocycles. The Morgan fingerprint density at radius 3 is 2.36 bits per heavy atom. The van der Waals surface area contributed by atoms with Crippen LogP contribution in [-0.4, -0.2) is 21.9 Å². The van der Waals surface area contributed by atoms with Crippen LogP contribution in [-0.2, 0) is 4.74 Å². The van der Waals surface area contributed by atoms with E-state index in [1.807, 2.05) is 13.8 Å². The molecular weight excluding hydrogens is 164 g/mol. The van der Waals surface area contributed by atoms with E-state index in [0.717, 1.165) is 12.8 Å². The van der Waals surface area contributed by atoms with Gasteiger partial charge in [0.15, 0.2) is 6.29 Å². The molecule has 1 saturated carbocycles. The molecule has 0 aromatic carbocycles. The van der Waals surface area contributed by atoms with Gasteiger partial charge in [0.1, 0.15) is 4.87 Å². The third-order valence-electron chi connectivity index (χ3n) is 3.06. The molecule has 3 unspecified atom stereocenters. The summed E-state index contributed by atoms with van der Waals surface area (Å²) >= 11 is 6.16.